The zero-order chi connectivity index (χ0) is 13.7. The van der Waals surface area contributed by atoms with Crippen LogP contribution in [0.25, 0.3) is 0 Å². The molecule has 0 aromatic carbocycles. The minimum atomic E-state index is -1.14. The lowest BCUT2D eigenvalue weighted by atomic mass is 10.2. The van der Waals surface area contributed by atoms with Crippen molar-refractivity contribution in [2.24, 2.45) is 0 Å². The first-order valence-electron chi connectivity index (χ1n) is 5.52. The second-order valence-electron chi connectivity index (χ2n) is 4.24. The molecule has 98 valence electrons. The summed E-state index contributed by atoms with van der Waals surface area (Å²) in [5, 5.41) is 8.81. The minimum absolute atomic E-state index is 0.123. The van der Waals surface area contributed by atoms with E-state index in [2.05, 4.69) is 4.98 Å². The average molecular weight is 251 g/mol. The summed E-state index contributed by atoms with van der Waals surface area (Å²) in [6.45, 7) is 1.30. The topological polar surface area (TPSA) is 73.7 Å². The third-order valence-corrected chi connectivity index (χ3v) is 2.42. The summed E-state index contributed by atoms with van der Waals surface area (Å²) >= 11 is 0. The van der Waals surface area contributed by atoms with Gasteiger partial charge in [-0.25, -0.2) is 9.78 Å². The quantitative estimate of drug-likeness (QED) is 0.820. The van der Waals surface area contributed by atoms with Crippen molar-refractivity contribution in [3.8, 4) is 0 Å². The van der Waals surface area contributed by atoms with Crippen LogP contribution in [0.2, 0.25) is 0 Å². The van der Waals surface area contributed by atoms with Crippen molar-refractivity contribution in [3.63, 3.8) is 0 Å². The second-order valence-corrected chi connectivity index (χ2v) is 4.24. The number of pyridine rings is 1. The van der Waals surface area contributed by atoms with E-state index in [0.717, 1.165) is 6.54 Å². The van der Waals surface area contributed by atoms with Gasteiger partial charge in [-0.3, -0.25) is 4.79 Å². The van der Waals surface area contributed by atoms with Crippen LogP contribution in [-0.2, 0) is 0 Å². The van der Waals surface area contributed by atoms with Crippen LogP contribution in [-0.4, -0.2) is 66.0 Å². The highest BCUT2D eigenvalue weighted by atomic mass is 16.4. The van der Waals surface area contributed by atoms with Gasteiger partial charge in [0.1, 0.15) is 11.4 Å². The molecule has 1 aromatic rings. The van der Waals surface area contributed by atoms with Crippen molar-refractivity contribution < 1.29 is 14.7 Å². The van der Waals surface area contributed by atoms with Gasteiger partial charge in [-0.2, -0.15) is 0 Å². The zero-order valence-electron chi connectivity index (χ0n) is 10.8. The van der Waals surface area contributed by atoms with Crippen LogP contribution >= 0.6 is 0 Å². The van der Waals surface area contributed by atoms with Crippen LogP contribution in [0.5, 0.6) is 0 Å². The van der Waals surface area contributed by atoms with E-state index in [0.29, 0.717) is 6.54 Å². The third-order valence-electron chi connectivity index (χ3n) is 2.42. The number of amides is 1. The van der Waals surface area contributed by atoms with Crippen LogP contribution in [0.4, 0.5) is 0 Å². The Kier molecular flexibility index (Phi) is 4.79. The van der Waals surface area contributed by atoms with Crippen molar-refractivity contribution in [3.05, 3.63) is 29.6 Å². The highest BCUT2D eigenvalue weighted by Crippen LogP contribution is 2.03. The molecule has 0 saturated carbocycles. The maximum Gasteiger partial charge on any atom is 0.354 e. The van der Waals surface area contributed by atoms with E-state index in [9.17, 15) is 9.59 Å². The van der Waals surface area contributed by atoms with Gasteiger partial charge < -0.3 is 14.9 Å². The van der Waals surface area contributed by atoms with E-state index in [4.69, 9.17) is 5.11 Å². The summed E-state index contributed by atoms with van der Waals surface area (Å²) in [6.07, 6.45) is 0. The van der Waals surface area contributed by atoms with Crippen LogP contribution < -0.4 is 0 Å². The van der Waals surface area contributed by atoms with Gasteiger partial charge in [-0.15, -0.1) is 0 Å². The molecule has 0 aliphatic carbocycles. The Morgan fingerprint density at radius 2 is 1.78 bits per heavy atom. The normalized spacial score (nSPS) is 10.4. The predicted molar refractivity (Wildman–Crippen MR) is 66.7 cm³/mol. The molecular formula is C12H17N3O3. The maximum atomic E-state index is 12.0. The molecule has 1 N–H and O–H groups in total. The third kappa shape index (κ3) is 3.81. The number of nitrogens with zero attached hydrogens (tertiary/aromatic N) is 3. The number of hydrogen-bond acceptors (Lipinski definition) is 4. The number of likely N-dealkylation sites (N-methyl/N-ethyl adjacent to an activating group) is 2. The van der Waals surface area contributed by atoms with E-state index in [1.807, 2.05) is 19.0 Å². The average Bonchev–Trinajstić information content (AvgIpc) is 2.35. The fourth-order valence-corrected chi connectivity index (χ4v) is 1.32. The molecular weight excluding hydrogens is 234 g/mol. The standard InChI is InChI=1S/C12H17N3O3/c1-14(2)7-8-15(3)11(16)9-5-4-6-10(13-9)12(17)18/h4-6H,7-8H2,1-3H3,(H,17,18). The number of carbonyl (C=O) groups is 2. The zero-order valence-corrected chi connectivity index (χ0v) is 10.8. The van der Waals surface area contributed by atoms with Crippen molar-refractivity contribution in [1.29, 1.82) is 0 Å². The molecule has 6 nitrogen and oxygen atoms in total. The van der Waals surface area contributed by atoms with Gasteiger partial charge in [0.15, 0.2) is 0 Å². The van der Waals surface area contributed by atoms with E-state index < -0.39 is 5.97 Å². The number of carbonyl (C=O) groups excluding carboxylic acids is 1. The lowest BCUT2D eigenvalue weighted by molar-refractivity contribution is 0.0690. The highest BCUT2D eigenvalue weighted by molar-refractivity contribution is 5.94. The Balaban J connectivity index is 2.77. The lowest BCUT2D eigenvalue weighted by Crippen LogP contribution is -2.34. The smallest absolute Gasteiger partial charge is 0.354 e. The second kappa shape index (κ2) is 6.11. The van der Waals surface area contributed by atoms with Gasteiger partial charge >= 0.3 is 5.97 Å². The molecule has 1 amide bonds. The van der Waals surface area contributed by atoms with Crippen molar-refractivity contribution in [2.75, 3.05) is 34.2 Å². The SMILES string of the molecule is CN(C)CCN(C)C(=O)c1cccc(C(=O)O)n1. The van der Waals surface area contributed by atoms with E-state index in [1.165, 1.54) is 23.1 Å². The predicted octanol–water partition coefficient (Wildman–Crippen LogP) is 0.413. The summed E-state index contributed by atoms with van der Waals surface area (Å²) in [5.74, 6) is -1.42. The summed E-state index contributed by atoms with van der Waals surface area (Å²) in [7, 11) is 5.50. The van der Waals surface area contributed by atoms with E-state index in [1.54, 1.807) is 7.05 Å². The number of carboxylic acids is 1. The Hall–Kier alpha value is -1.95. The van der Waals surface area contributed by atoms with Gasteiger partial charge in [0, 0.05) is 20.1 Å². The number of aromatic carboxylic acids is 1. The molecule has 1 aromatic heterocycles. The number of aromatic nitrogens is 1. The number of rotatable bonds is 5. The van der Waals surface area contributed by atoms with Gasteiger partial charge in [-0.05, 0) is 26.2 Å². The first kappa shape index (κ1) is 14.1. The van der Waals surface area contributed by atoms with Crippen LogP contribution in [0, 0.1) is 0 Å². The Bertz CT molecular complexity index is 446. The van der Waals surface area contributed by atoms with Crippen molar-refractivity contribution >= 4 is 11.9 Å². The molecule has 1 rings (SSSR count). The molecule has 6 heteroatoms. The molecule has 0 aliphatic heterocycles. The summed E-state index contributed by atoms with van der Waals surface area (Å²) in [6, 6.07) is 4.39. The molecule has 18 heavy (non-hydrogen) atoms. The minimum Gasteiger partial charge on any atom is -0.477 e. The summed E-state index contributed by atoms with van der Waals surface area (Å²) in [4.78, 5) is 30.1. The van der Waals surface area contributed by atoms with Crippen molar-refractivity contribution in [1.82, 2.24) is 14.8 Å². The van der Waals surface area contributed by atoms with Crippen LogP contribution in [0.15, 0.2) is 18.2 Å². The lowest BCUT2D eigenvalue weighted by Gasteiger charge is -2.19. The first-order valence-corrected chi connectivity index (χ1v) is 5.52. The number of carboxylic acid groups (broad SMARTS) is 1. The molecule has 0 unspecified atom stereocenters. The highest BCUT2D eigenvalue weighted by Gasteiger charge is 2.15. The Morgan fingerprint density at radius 1 is 1.17 bits per heavy atom. The molecule has 0 fully saturated rings. The Morgan fingerprint density at radius 3 is 2.33 bits per heavy atom. The van der Waals surface area contributed by atoms with Crippen molar-refractivity contribution in [2.45, 2.75) is 0 Å². The first-order chi connectivity index (χ1) is 8.41. The fourth-order valence-electron chi connectivity index (χ4n) is 1.32. The largest absolute Gasteiger partial charge is 0.477 e. The number of hydrogen-bond donors (Lipinski definition) is 1. The van der Waals surface area contributed by atoms with E-state index >= 15 is 0 Å². The van der Waals surface area contributed by atoms with Gasteiger partial charge in [0.2, 0.25) is 0 Å². The molecule has 0 radical (unpaired) electrons. The molecule has 0 saturated heterocycles. The van der Waals surface area contributed by atoms with Gasteiger partial charge in [-0.1, -0.05) is 6.07 Å². The van der Waals surface area contributed by atoms with Gasteiger partial charge in [0.25, 0.3) is 5.91 Å². The van der Waals surface area contributed by atoms with Crippen LogP contribution in [0.1, 0.15) is 21.0 Å². The molecule has 0 bridgehead atoms. The Labute approximate surface area is 106 Å². The monoisotopic (exact) mass is 251 g/mol. The molecule has 0 atom stereocenters. The van der Waals surface area contributed by atoms with E-state index in [-0.39, 0.29) is 17.3 Å². The fraction of sp³-hybridized carbons (Fsp3) is 0.417. The summed E-state index contributed by atoms with van der Waals surface area (Å²) in [5.41, 5.74) is 0.0259. The molecule has 0 spiro atoms. The van der Waals surface area contributed by atoms with Gasteiger partial charge in [0.05, 0.1) is 0 Å². The molecule has 1 heterocycles. The maximum absolute atomic E-state index is 12.0. The van der Waals surface area contributed by atoms with Crippen LogP contribution in [0.3, 0.4) is 0 Å². The molecule has 0 aliphatic rings. The summed E-state index contributed by atoms with van der Waals surface area (Å²) < 4.78 is 0.